The van der Waals surface area contributed by atoms with Crippen LogP contribution in [0.15, 0.2) is 29.3 Å². The van der Waals surface area contributed by atoms with Gasteiger partial charge in [0.2, 0.25) is 0 Å². The normalized spacial score (nSPS) is 23.4. The lowest BCUT2D eigenvalue weighted by atomic mass is 10.0. The number of nitrogens with two attached hydrogens (primary N) is 1. The SMILES string of the molecule is CN(C)C1(CN=C(N)NC2CCOc3ccccc32)CC1. The molecule has 1 aromatic rings. The van der Waals surface area contributed by atoms with Crippen LogP contribution in [0, 0.1) is 0 Å². The Labute approximate surface area is 126 Å². The number of hydrogen-bond acceptors (Lipinski definition) is 3. The van der Waals surface area contributed by atoms with Crippen molar-refractivity contribution in [1.29, 1.82) is 0 Å². The second-order valence-electron chi connectivity index (χ2n) is 6.19. The number of benzene rings is 1. The van der Waals surface area contributed by atoms with E-state index < -0.39 is 0 Å². The van der Waals surface area contributed by atoms with Crippen LogP contribution in [0.5, 0.6) is 5.75 Å². The third-order valence-electron chi connectivity index (χ3n) is 4.60. The van der Waals surface area contributed by atoms with Crippen molar-refractivity contribution >= 4 is 5.96 Å². The van der Waals surface area contributed by atoms with E-state index in [9.17, 15) is 0 Å². The van der Waals surface area contributed by atoms with E-state index in [1.807, 2.05) is 18.2 Å². The summed E-state index contributed by atoms with van der Waals surface area (Å²) in [4.78, 5) is 6.80. The molecule has 0 saturated heterocycles. The summed E-state index contributed by atoms with van der Waals surface area (Å²) in [6.07, 6.45) is 3.32. The minimum absolute atomic E-state index is 0.188. The minimum atomic E-state index is 0.188. The van der Waals surface area contributed by atoms with Gasteiger partial charge in [0, 0.05) is 17.5 Å². The summed E-state index contributed by atoms with van der Waals surface area (Å²) in [6.45, 7) is 1.48. The molecular weight excluding hydrogens is 264 g/mol. The van der Waals surface area contributed by atoms with Crippen molar-refractivity contribution in [3.63, 3.8) is 0 Å². The van der Waals surface area contributed by atoms with Gasteiger partial charge in [-0.05, 0) is 33.0 Å². The van der Waals surface area contributed by atoms with Crippen LogP contribution in [0.1, 0.15) is 30.9 Å². The molecule has 1 aliphatic heterocycles. The van der Waals surface area contributed by atoms with Gasteiger partial charge in [0.05, 0.1) is 19.2 Å². The van der Waals surface area contributed by atoms with Crippen LogP contribution in [0.4, 0.5) is 0 Å². The molecule has 1 unspecified atom stereocenters. The molecule has 1 heterocycles. The number of para-hydroxylation sites is 1. The quantitative estimate of drug-likeness (QED) is 0.651. The van der Waals surface area contributed by atoms with Crippen LogP contribution >= 0.6 is 0 Å². The third kappa shape index (κ3) is 2.97. The van der Waals surface area contributed by atoms with E-state index in [-0.39, 0.29) is 11.6 Å². The summed E-state index contributed by atoms with van der Waals surface area (Å²) in [7, 11) is 4.22. The maximum Gasteiger partial charge on any atom is 0.189 e. The van der Waals surface area contributed by atoms with Gasteiger partial charge in [-0.1, -0.05) is 18.2 Å². The van der Waals surface area contributed by atoms with E-state index >= 15 is 0 Å². The predicted molar refractivity (Wildman–Crippen MR) is 84.6 cm³/mol. The van der Waals surface area contributed by atoms with Crippen LogP contribution in [0.25, 0.3) is 0 Å². The summed E-state index contributed by atoms with van der Waals surface area (Å²) >= 11 is 0. The number of hydrogen-bond donors (Lipinski definition) is 2. The van der Waals surface area contributed by atoms with Gasteiger partial charge in [-0.15, -0.1) is 0 Å². The molecule has 114 valence electrons. The summed E-state index contributed by atoms with van der Waals surface area (Å²) < 4.78 is 5.66. The molecule has 2 aliphatic rings. The molecule has 1 fully saturated rings. The van der Waals surface area contributed by atoms with Gasteiger partial charge in [-0.3, -0.25) is 4.99 Å². The molecule has 1 saturated carbocycles. The smallest absolute Gasteiger partial charge is 0.189 e. The average Bonchev–Trinajstić information content (AvgIpc) is 3.27. The molecule has 0 spiro atoms. The standard InChI is InChI=1S/C16H24N4O/c1-20(2)16(8-9-16)11-18-15(17)19-13-7-10-21-14-6-4-3-5-12(13)14/h3-6,13H,7-11H2,1-2H3,(H3,17,18,19). The number of nitrogens with one attached hydrogen (secondary N) is 1. The summed E-state index contributed by atoms with van der Waals surface area (Å²) in [5.41, 5.74) is 7.47. The van der Waals surface area contributed by atoms with Crippen molar-refractivity contribution in [1.82, 2.24) is 10.2 Å². The van der Waals surface area contributed by atoms with Crippen molar-refractivity contribution in [2.75, 3.05) is 27.2 Å². The lowest BCUT2D eigenvalue weighted by Crippen LogP contribution is -2.39. The molecule has 0 aromatic heterocycles. The lowest BCUT2D eigenvalue weighted by Gasteiger charge is -2.27. The van der Waals surface area contributed by atoms with Crippen LogP contribution in [-0.2, 0) is 0 Å². The zero-order chi connectivity index (χ0) is 14.9. The Balaban J connectivity index is 1.64. The van der Waals surface area contributed by atoms with Crippen LogP contribution in [-0.4, -0.2) is 43.6 Å². The maximum atomic E-state index is 6.08. The van der Waals surface area contributed by atoms with E-state index in [2.05, 4.69) is 35.4 Å². The van der Waals surface area contributed by atoms with Crippen molar-refractivity contribution in [3.8, 4) is 5.75 Å². The molecule has 0 bridgehead atoms. The maximum absolute atomic E-state index is 6.08. The van der Waals surface area contributed by atoms with E-state index in [1.165, 1.54) is 12.8 Å². The van der Waals surface area contributed by atoms with E-state index in [0.717, 1.165) is 24.3 Å². The number of fused-ring (bicyclic) bond motifs is 1. The van der Waals surface area contributed by atoms with Crippen LogP contribution in [0.3, 0.4) is 0 Å². The average molecular weight is 288 g/mol. The first kappa shape index (κ1) is 14.2. The highest BCUT2D eigenvalue weighted by Crippen LogP contribution is 2.40. The Morgan fingerprint density at radius 1 is 1.43 bits per heavy atom. The topological polar surface area (TPSA) is 62.9 Å². The van der Waals surface area contributed by atoms with Gasteiger partial charge in [0.15, 0.2) is 5.96 Å². The molecule has 5 heteroatoms. The molecule has 1 aliphatic carbocycles. The second-order valence-corrected chi connectivity index (χ2v) is 6.19. The molecule has 3 N–H and O–H groups in total. The summed E-state index contributed by atoms with van der Waals surface area (Å²) in [5, 5.41) is 3.34. The molecule has 21 heavy (non-hydrogen) atoms. The Morgan fingerprint density at radius 2 is 2.19 bits per heavy atom. The first-order valence-electron chi connectivity index (χ1n) is 7.56. The zero-order valence-corrected chi connectivity index (χ0v) is 12.8. The Hall–Kier alpha value is -1.75. The number of aliphatic imine (C=N–C) groups is 1. The Morgan fingerprint density at radius 3 is 2.90 bits per heavy atom. The highest BCUT2D eigenvalue weighted by Gasteiger charge is 2.44. The Bertz CT molecular complexity index is 537. The lowest BCUT2D eigenvalue weighted by molar-refractivity contribution is 0.261. The fraction of sp³-hybridized carbons (Fsp3) is 0.562. The third-order valence-corrected chi connectivity index (χ3v) is 4.60. The van der Waals surface area contributed by atoms with Crippen molar-refractivity contribution in [2.45, 2.75) is 30.8 Å². The molecule has 0 radical (unpaired) electrons. The van der Waals surface area contributed by atoms with Crippen molar-refractivity contribution in [3.05, 3.63) is 29.8 Å². The minimum Gasteiger partial charge on any atom is -0.493 e. The highest BCUT2D eigenvalue weighted by molar-refractivity contribution is 5.78. The second kappa shape index (κ2) is 5.56. The summed E-state index contributed by atoms with van der Waals surface area (Å²) in [6, 6.07) is 8.30. The molecular formula is C16H24N4O. The number of guanidine groups is 1. The van der Waals surface area contributed by atoms with E-state index in [4.69, 9.17) is 10.5 Å². The van der Waals surface area contributed by atoms with Gasteiger partial charge in [0.25, 0.3) is 0 Å². The fourth-order valence-corrected chi connectivity index (χ4v) is 2.84. The van der Waals surface area contributed by atoms with Gasteiger partial charge < -0.3 is 20.7 Å². The van der Waals surface area contributed by atoms with Gasteiger partial charge in [-0.25, -0.2) is 0 Å². The van der Waals surface area contributed by atoms with Crippen molar-refractivity contribution < 1.29 is 4.74 Å². The van der Waals surface area contributed by atoms with Gasteiger partial charge in [-0.2, -0.15) is 0 Å². The highest BCUT2D eigenvalue weighted by atomic mass is 16.5. The Kier molecular flexibility index (Phi) is 3.76. The number of ether oxygens (including phenoxy) is 1. The molecule has 5 nitrogen and oxygen atoms in total. The van der Waals surface area contributed by atoms with E-state index in [1.54, 1.807) is 0 Å². The number of rotatable bonds is 4. The molecule has 1 aromatic carbocycles. The van der Waals surface area contributed by atoms with Crippen LogP contribution < -0.4 is 15.8 Å². The van der Waals surface area contributed by atoms with Gasteiger partial charge in [0.1, 0.15) is 5.75 Å². The van der Waals surface area contributed by atoms with E-state index in [0.29, 0.717) is 12.6 Å². The molecule has 0 amide bonds. The first-order chi connectivity index (χ1) is 10.1. The van der Waals surface area contributed by atoms with Gasteiger partial charge >= 0.3 is 0 Å². The fourth-order valence-electron chi connectivity index (χ4n) is 2.84. The zero-order valence-electron chi connectivity index (χ0n) is 12.8. The molecule has 3 rings (SSSR count). The van der Waals surface area contributed by atoms with Crippen LogP contribution in [0.2, 0.25) is 0 Å². The monoisotopic (exact) mass is 288 g/mol. The van der Waals surface area contributed by atoms with Crippen molar-refractivity contribution in [2.24, 2.45) is 10.7 Å². The predicted octanol–water partition coefficient (Wildman–Crippen LogP) is 1.51. The summed E-state index contributed by atoms with van der Waals surface area (Å²) in [5.74, 6) is 1.48. The largest absolute Gasteiger partial charge is 0.493 e. The molecule has 1 atom stereocenters. The number of nitrogens with zero attached hydrogens (tertiary/aromatic N) is 2. The number of likely N-dealkylation sites (N-methyl/N-ethyl adjacent to an activating group) is 1. The first-order valence-corrected chi connectivity index (χ1v) is 7.56.